The molecule has 116 valence electrons. The summed E-state index contributed by atoms with van der Waals surface area (Å²) in [4.78, 5) is 13.6. The minimum Gasteiger partial charge on any atom is -0.505 e. The lowest BCUT2D eigenvalue weighted by atomic mass is 9.89. The van der Waals surface area contributed by atoms with Gasteiger partial charge in [-0.15, -0.1) is 0 Å². The number of phenols is 1. The number of aromatic hydroxyl groups is 1. The quantitative estimate of drug-likeness (QED) is 0.860. The van der Waals surface area contributed by atoms with E-state index in [1.165, 1.54) is 6.07 Å². The largest absolute Gasteiger partial charge is 0.505 e. The Bertz CT molecular complexity index is 517. The molecule has 1 saturated heterocycles. The fraction of sp³-hybridized carbons (Fsp3) is 0.562. The smallest absolute Gasteiger partial charge is 0.410 e. The summed E-state index contributed by atoms with van der Waals surface area (Å²) in [6, 6.07) is 4.69. The van der Waals surface area contributed by atoms with E-state index in [9.17, 15) is 14.3 Å². The molecule has 1 aliphatic heterocycles. The Kier molecular flexibility index (Phi) is 4.40. The third-order valence-corrected chi connectivity index (χ3v) is 3.59. The molecule has 0 aliphatic carbocycles. The van der Waals surface area contributed by atoms with Gasteiger partial charge in [0.15, 0.2) is 11.6 Å². The molecule has 1 fully saturated rings. The number of halogens is 1. The van der Waals surface area contributed by atoms with Crippen molar-refractivity contribution in [2.45, 2.75) is 45.1 Å². The molecule has 0 aromatic heterocycles. The molecule has 21 heavy (non-hydrogen) atoms. The summed E-state index contributed by atoms with van der Waals surface area (Å²) in [5.41, 5.74) is 0.0180. The van der Waals surface area contributed by atoms with E-state index in [0.29, 0.717) is 31.5 Å². The van der Waals surface area contributed by atoms with Crippen LogP contribution in [-0.4, -0.2) is 34.8 Å². The van der Waals surface area contributed by atoms with Crippen LogP contribution < -0.4 is 0 Å². The molecule has 5 heteroatoms. The third-order valence-electron chi connectivity index (χ3n) is 3.59. The fourth-order valence-corrected chi connectivity index (χ4v) is 2.55. The van der Waals surface area contributed by atoms with Gasteiger partial charge in [-0.3, -0.25) is 0 Å². The summed E-state index contributed by atoms with van der Waals surface area (Å²) >= 11 is 0. The summed E-state index contributed by atoms with van der Waals surface area (Å²) in [5.74, 6) is -0.842. The van der Waals surface area contributed by atoms with Gasteiger partial charge in [0, 0.05) is 13.1 Å². The first-order valence-electron chi connectivity index (χ1n) is 7.23. The average Bonchev–Trinajstić information content (AvgIpc) is 2.40. The number of carbonyl (C=O) groups is 1. The lowest BCUT2D eigenvalue weighted by molar-refractivity contribution is 0.0204. The van der Waals surface area contributed by atoms with Crippen molar-refractivity contribution in [3.8, 4) is 5.75 Å². The number of benzene rings is 1. The highest BCUT2D eigenvalue weighted by Gasteiger charge is 2.28. The van der Waals surface area contributed by atoms with Crippen molar-refractivity contribution in [3.05, 3.63) is 29.6 Å². The summed E-state index contributed by atoms with van der Waals surface area (Å²) in [6.45, 7) is 6.57. The van der Waals surface area contributed by atoms with E-state index in [-0.39, 0.29) is 17.8 Å². The summed E-state index contributed by atoms with van der Waals surface area (Å²) in [7, 11) is 0. The van der Waals surface area contributed by atoms with Gasteiger partial charge in [-0.05, 0) is 51.2 Å². The molecule has 4 nitrogen and oxygen atoms in total. The molecule has 0 saturated carbocycles. The minimum atomic E-state index is -0.548. The standard InChI is InChI=1S/C16H22FNO3/c1-16(2,3)21-15(20)18-9-7-11(8-10-18)12-5-4-6-13(19)14(12)17/h4-6,11,19H,7-10H2,1-3H3. The number of nitrogens with zero attached hydrogens (tertiary/aromatic N) is 1. The number of ether oxygens (including phenoxy) is 1. The number of rotatable bonds is 1. The average molecular weight is 295 g/mol. The van der Waals surface area contributed by atoms with Crippen molar-refractivity contribution >= 4 is 6.09 Å². The molecule has 1 aliphatic rings. The number of hydrogen-bond acceptors (Lipinski definition) is 3. The second-order valence-corrected chi connectivity index (χ2v) is 6.42. The molecule has 1 aromatic rings. The minimum absolute atomic E-state index is 0.0239. The van der Waals surface area contributed by atoms with Crippen molar-refractivity contribution < 1.29 is 19.0 Å². The van der Waals surface area contributed by atoms with Crippen LogP contribution in [0.25, 0.3) is 0 Å². The number of amides is 1. The van der Waals surface area contributed by atoms with Gasteiger partial charge < -0.3 is 14.7 Å². The van der Waals surface area contributed by atoms with Crippen molar-refractivity contribution in [1.82, 2.24) is 4.90 Å². The Labute approximate surface area is 124 Å². The van der Waals surface area contributed by atoms with Gasteiger partial charge >= 0.3 is 6.09 Å². The van der Waals surface area contributed by atoms with E-state index in [0.717, 1.165) is 0 Å². The monoisotopic (exact) mass is 295 g/mol. The SMILES string of the molecule is CC(C)(C)OC(=O)N1CCC(c2cccc(O)c2F)CC1. The third kappa shape index (κ3) is 3.86. The summed E-state index contributed by atoms with van der Waals surface area (Å²) in [5, 5.41) is 9.44. The maximum atomic E-state index is 13.9. The zero-order valence-electron chi connectivity index (χ0n) is 12.7. The van der Waals surface area contributed by atoms with Crippen LogP contribution in [0.4, 0.5) is 9.18 Å². The van der Waals surface area contributed by atoms with Gasteiger partial charge in [0.2, 0.25) is 0 Å². The maximum absolute atomic E-state index is 13.9. The number of phenolic OH excluding ortho intramolecular Hbond substituents is 1. The number of likely N-dealkylation sites (tertiary alicyclic amines) is 1. The molecule has 0 spiro atoms. The Balaban J connectivity index is 1.97. The zero-order chi connectivity index (χ0) is 15.6. The Morgan fingerprint density at radius 3 is 2.52 bits per heavy atom. The van der Waals surface area contributed by atoms with Crippen LogP contribution in [0.1, 0.15) is 45.1 Å². The van der Waals surface area contributed by atoms with Crippen LogP contribution in [0.3, 0.4) is 0 Å². The molecule has 0 radical (unpaired) electrons. The highest BCUT2D eigenvalue weighted by atomic mass is 19.1. The first kappa shape index (κ1) is 15.6. The molecule has 1 amide bonds. The maximum Gasteiger partial charge on any atom is 0.410 e. The molecule has 0 unspecified atom stereocenters. The highest BCUT2D eigenvalue weighted by molar-refractivity contribution is 5.68. The first-order valence-corrected chi connectivity index (χ1v) is 7.23. The molecular weight excluding hydrogens is 273 g/mol. The Hall–Kier alpha value is -1.78. The number of carbonyl (C=O) groups excluding carboxylic acids is 1. The summed E-state index contributed by atoms with van der Waals surface area (Å²) in [6.07, 6.45) is 1.01. The van der Waals surface area contributed by atoms with E-state index in [1.807, 2.05) is 20.8 Å². The van der Waals surface area contributed by atoms with Crippen molar-refractivity contribution in [2.75, 3.05) is 13.1 Å². The van der Waals surface area contributed by atoms with Gasteiger partial charge in [-0.1, -0.05) is 12.1 Å². The molecule has 0 bridgehead atoms. The lowest BCUT2D eigenvalue weighted by Crippen LogP contribution is -2.41. The lowest BCUT2D eigenvalue weighted by Gasteiger charge is -2.33. The fourth-order valence-electron chi connectivity index (χ4n) is 2.55. The van der Waals surface area contributed by atoms with Crippen LogP contribution in [0.5, 0.6) is 5.75 Å². The van der Waals surface area contributed by atoms with Gasteiger partial charge in [0.05, 0.1) is 0 Å². The van der Waals surface area contributed by atoms with Crippen LogP contribution in [-0.2, 0) is 4.74 Å². The second-order valence-electron chi connectivity index (χ2n) is 6.42. The Morgan fingerprint density at radius 2 is 1.95 bits per heavy atom. The van der Waals surface area contributed by atoms with Gasteiger partial charge in [0.1, 0.15) is 5.60 Å². The molecule has 1 heterocycles. The predicted molar refractivity (Wildman–Crippen MR) is 77.8 cm³/mol. The van der Waals surface area contributed by atoms with Gasteiger partial charge in [0.25, 0.3) is 0 Å². The van der Waals surface area contributed by atoms with Crippen LogP contribution >= 0.6 is 0 Å². The Morgan fingerprint density at radius 1 is 1.33 bits per heavy atom. The first-order chi connectivity index (χ1) is 9.78. The normalized spacial score (nSPS) is 16.9. The number of piperidine rings is 1. The molecule has 2 rings (SSSR count). The van der Waals surface area contributed by atoms with E-state index >= 15 is 0 Å². The van der Waals surface area contributed by atoms with E-state index in [1.54, 1.807) is 17.0 Å². The van der Waals surface area contributed by atoms with Crippen LogP contribution in [0.15, 0.2) is 18.2 Å². The zero-order valence-corrected chi connectivity index (χ0v) is 12.7. The molecular formula is C16H22FNO3. The number of hydrogen-bond donors (Lipinski definition) is 1. The van der Waals surface area contributed by atoms with E-state index in [2.05, 4.69) is 0 Å². The van der Waals surface area contributed by atoms with Crippen molar-refractivity contribution in [1.29, 1.82) is 0 Å². The van der Waals surface area contributed by atoms with Crippen LogP contribution in [0.2, 0.25) is 0 Å². The van der Waals surface area contributed by atoms with Gasteiger partial charge in [-0.2, -0.15) is 0 Å². The molecule has 0 atom stereocenters. The van der Waals surface area contributed by atoms with E-state index in [4.69, 9.17) is 4.74 Å². The highest BCUT2D eigenvalue weighted by Crippen LogP contribution is 2.33. The van der Waals surface area contributed by atoms with Crippen LogP contribution in [0, 0.1) is 5.82 Å². The molecule has 1 aromatic carbocycles. The van der Waals surface area contributed by atoms with Gasteiger partial charge in [-0.25, -0.2) is 9.18 Å². The second kappa shape index (κ2) is 5.92. The van der Waals surface area contributed by atoms with Crippen molar-refractivity contribution in [3.63, 3.8) is 0 Å². The topological polar surface area (TPSA) is 49.8 Å². The predicted octanol–water partition coefficient (Wildman–Crippen LogP) is 3.65. The molecule has 1 N–H and O–H groups in total. The van der Waals surface area contributed by atoms with E-state index < -0.39 is 11.4 Å². The van der Waals surface area contributed by atoms with Crippen molar-refractivity contribution in [2.24, 2.45) is 0 Å². The summed E-state index contributed by atoms with van der Waals surface area (Å²) < 4.78 is 19.2.